The van der Waals surface area contributed by atoms with Gasteiger partial charge in [-0.25, -0.2) is 10.2 Å². The Kier molecular flexibility index (Phi) is 12.3. The molecule has 1 amide bonds. The SMILES string of the molecule is CCOC(=O)C1=C(C)NC(=S)N[C@H]1c1ccccc1OCC(=O)NN=Cc1cc(Br)c(OCc2ccc(Cl)cc2Cl)c(I)c1. The lowest BCUT2D eigenvalue weighted by molar-refractivity contribution is -0.139. The quantitative estimate of drug-likeness (QED) is 0.0636. The molecular formula is C30H26BrCl2IN4O5S. The van der Waals surface area contributed by atoms with Crippen LogP contribution in [-0.2, 0) is 20.9 Å². The Morgan fingerprint density at radius 1 is 1.16 bits per heavy atom. The number of esters is 1. The predicted octanol–water partition coefficient (Wildman–Crippen LogP) is 6.82. The molecule has 0 saturated carbocycles. The molecule has 0 saturated heterocycles. The number of hydrazone groups is 1. The highest BCUT2D eigenvalue weighted by molar-refractivity contribution is 14.1. The van der Waals surface area contributed by atoms with Gasteiger partial charge >= 0.3 is 5.97 Å². The molecule has 3 N–H and O–H groups in total. The van der Waals surface area contributed by atoms with Crippen molar-refractivity contribution in [2.75, 3.05) is 13.2 Å². The Hall–Kier alpha value is -2.91. The molecule has 14 heteroatoms. The standard InChI is InChI=1S/C30H26BrCl2IN4O5S/c1-3-41-29(40)26-16(2)36-30(44)37-27(26)20-6-4-5-7-24(20)42-15-25(39)38-35-13-17-10-21(31)28(23(34)11-17)43-14-18-8-9-19(32)12-22(18)33/h4-13,27H,3,14-15H2,1-2H3,(H,38,39)(H2,36,37,44)/t27-/m0/s1. The molecule has 3 aromatic rings. The number of rotatable bonds is 11. The van der Waals surface area contributed by atoms with Crippen LogP contribution >= 0.6 is 73.9 Å². The van der Waals surface area contributed by atoms with E-state index in [1.54, 1.807) is 50.2 Å². The third-order valence-corrected chi connectivity index (χ3v) is 8.36. The largest absolute Gasteiger partial charge is 0.487 e. The second-order valence-electron chi connectivity index (χ2n) is 9.25. The number of halogens is 4. The molecule has 0 radical (unpaired) electrons. The second-order valence-corrected chi connectivity index (χ2v) is 12.5. The number of amides is 1. The highest BCUT2D eigenvalue weighted by Gasteiger charge is 2.32. The molecule has 1 atom stereocenters. The van der Waals surface area contributed by atoms with Crippen LogP contribution in [0, 0.1) is 3.57 Å². The van der Waals surface area contributed by atoms with Crippen LogP contribution < -0.4 is 25.5 Å². The van der Waals surface area contributed by atoms with Crippen LogP contribution in [0.2, 0.25) is 10.0 Å². The van der Waals surface area contributed by atoms with Crippen LogP contribution in [0.4, 0.5) is 0 Å². The Balaban J connectivity index is 1.38. The number of hydrogen-bond donors (Lipinski definition) is 3. The topological polar surface area (TPSA) is 110 Å². The van der Waals surface area contributed by atoms with E-state index in [1.165, 1.54) is 6.21 Å². The molecule has 4 rings (SSSR count). The normalized spacial score (nSPS) is 14.6. The summed E-state index contributed by atoms with van der Waals surface area (Å²) in [6, 6.07) is 15.4. The zero-order valence-electron chi connectivity index (χ0n) is 23.4. The van der Waals surface area contributed by atoms with Crippen LogP contribution in [0.5, 0.6) is 11.5 Å². The van der Waals surface area contributed by atoms with E-state index in [-0.39, 0.29) is 19.8 Å². The summed E-state index contributed by atoms with van der Waals surface area (Å²) in [4.78, 5) is 25.3. The minimum absolute atomic E-state index is 0.222. The summed E-state index contributed by atoms with van der Waals surface area (Å²) >= 11 is 23.2. The van der Waals surface area contributed by atoms with Crippen LogP contribution in [0.1, 0.15) is 36.6 Å². The van der Waals surface area contributed by atoms with Gasteiger partial charge < -0.3 is 24.8 Å². The first kappa shape index (κ1) is 34.0. The molecule has 0 aliphatic carbocycles. The summed E-state index contributed by atoms with van der Waals surface area (Å²) < 4.78 is 18.6. The van der Waals surface area contributed by atoms with Crippen molar-refractivity contribution in [1.29, 1.82) is 0 Å². The van der Waals surface area contributed by atoms with Gasteiger partial charge in [0.15, 0.2) is 11.7 Å². The van der Waals surface area contributed by atoms with Crippen LogP contribution in [-0.4, -0.2) is 36.4 Å². The first-order valence-electron chi connectivity index (χ1n) is 13.1. The fraction of sp³-hybridized carbons (Fsp3) is 0.200. The molecule has 0 bridgehead atoms. The maximum Gasteiger partial charge on any atom is 0.338 e. The van der Waals surface area contributed by atoms with E-state index >= 15 is 0 Å². The van der Waals surface area contributed by atoms with Crippen LogP contribution in [0.15, 0.2) is 75.4 Å². The number of allylic oxidation sites excluding steroid dienone is 1. The van der Waals surface area contributed by atoms with Crippen molar-refractivity contribution in [2.45, 2.75) is 26.5 Å². The molecule has 1 heterocycles. The first-order valence-corrected chi connectivity index (χ1v) is 16.2. The molecule has 0 spiro atoms. The Morgan fingerprint density at radius 3 is 2.66 bits per heavy atom. The number of para-hydroxylation sites is 1. The smallest absolute Gasteiger partial charge is 0.338 e. The van der Waals surface area contributed by atoms with E-state index in [1.807, 2.05) is 18.2 Å². The maximum absolute atomic E-state index is 12.7. The van der Waals surface area contributed by atoms with E-state index in [0.29, 0.717) is 48.0 Å². The highest BCUT2D eigenvalue weighted by atomic mass is 127. The summed E-state index contributed by atoms with van der Waals surface area (Å²) in [5.74, 6) is 0.0874. The van der Waals surface area contributed by atoms with Crippen LogP contribution in [0.25, 0.3) is 0 Å². The van der Waals surface area contributed by atoms with Gasteiger partial charge in [0.05, 0.1) is 32.5 Å². The van der Waals surface area contributed by atoms with Gasteiger partial charge in [0.25, 0.3) is 5.91 Å². The summed E-state index contributed by atoms with van der Waals surface area (Å²) in [5.41, 5.74) is 5.57. The molecule has 44 heavy (non-hydrogen) atoms. The van der Waals surface area contributed by atoms with Crippen molar-refractivity contribution >= 4 is 97.1 Å². The van der Waals surface area contributed by atoms with Crippen molar-refractivity contribution < 1.29 is 23.8 Å². The van der Waals surface area contributed by atoms with Crippen molar-refractivity contribution in [2.24, 2.45) is 5.10 Å². The molecule has 0 fully saturated rings. The van der Waals surface area contributed by atoms with Gasteiger partial charge in [0.2, 0.25) is 0 Å². The van der Waals surface area contributed by atoms with Gasteiger partial charge in [-0.3, -0.25) is 4.79 Å². The number of carbonyl (C=O) groups is 2. The summed E-state index contributed by atoms with van der Waals surface area (Å²) in [7, 11) is 0. The van der Waals surface area contributed by atoms with Crippen molar-refractivity contribution in [3.05, 3.63) is 101 Å². The highest BCUT2D eigenvalue weighted by Crippen LogP contribution is 2.34. The second kappa shape index (κ2) is 15.9. The van der Waals surface area contributed by atoms with Gasteiger partial charge in [-0.2, -0.15) is 5.10 Å². The molecule has 0 aromatic heterocycles. The van der Waals surface area contributed by atoms with E-state index in [4.69, 9.17) is 49.6 Å². The average molecular weight is 832 g/mol. The number of ether oxygens (including phenoxy) is 3. The number of hydrogen-bond acceptors (Lipinski definition) is 7. The van der Waals surface area contributed by atoms with Crippen molar-refractivity contribution in [3.63, 3.8) is 0 Å². The van der Waals surface area contributed by atoms with Crippen molar-refractivity contribution in [3.8, 4) is 11.5 Å². The van der Waals surface area contributed by atoms with E-state index in [2.05, 4.69) is 59.7 Å². The average Bonchev–Trinajstić information content (AvgIpc) is 2.96. The minimum Gasteiger partial charge on any atom is -0.487 e. The maximum atomic E-state index is 12.7. The van der Waals surface area contributed by atoms with E-state index < -0.39 is 17.9 Å². The molecule has 3 aromatic carbocycles. The Labute approximate surface area is 292 Å². The minimum atomic E-state index is -0.629. The van der Waals surface area contributed by atoms with E-state index in [0.717, 1.165) is 14.7 Å². The third-order valence-electron chi connectivity index (χ3n) is 6.16. The van der Waals surface area contributed by atoms with Gasteiger partial charge in [0, 0.05) is 26.9 Å². The fourth-order valence-corrected chi connectivity index (χ4v) is 6.69. The zero-order valence-corrected chi connectivity index (χ0v) is 29.5. The van der Waals surface area contributed by atoms with Gasteiger partial charge in [-0.1, -0.05) is 47.5 Å². The number of benzene rings is 3. The first-order chi connectivity index (χ1) is 21.1. The number of nitrogens with zero attached hydrogens (tertiary/aromatic N) is 1. The monoisotopic (exact) mass is 830 g/mol. The number of carbonyl (C=O) groups excluding carboxylic acids is 2. The number of nitrogens with one attached hydrogen (secondary N) is 3. The Bertz CT molecular complexity index is 1630. The number of thiocarbonyl (C=S) groups is 1. The predicted molar refractivity (Wildman–Crippen MR) is 186 cm³/mol. The molecule has 1 aliphatic rings. The lowest BCUT2D eigenvalue weighted by Gasteiger charge is -2.30. The molecule has 9 nitrogen and oxygen atoms in total. The zero-order chi connectivity index (χ0) is 31.8. The summed E-state index contributed by atoms with van der Waals surface area (Å²) in [6.45, 7) is 3.65. The molecule has 0 unspecified atom stereocenters. The molecular weight excluding hydrogens is 806 g/mol. The van der Waals surface area contributed by atoms with Gasteiger partial charge in [0.1, 0.15) is 18.1 Å². The van der Waals surface area contributed by atoms with Crippen LogP contribution in [0.3, 0.4) is 0 Å². The molecule has 1 aliphatic heterocycles. The lowest BCUT2D eigenvalue weighted by Crippen LogP contribution is -2.45. The third kappa shape index (κ3) is 8.84. The van der Waals surface area contributed by atoms with E-state index in [9.17, 15) is 9.59 Å². The molecule has 230 valence electrons. The fourth-order valence-electron chi connectivity index (χ4n) is 4.19. The van der Waals surface area contributed by atoms with Gasteiger partial charge in [-0.15, -0.1) is 0 Å². The summed E-state index contributed by atoms with van der Waals surface area (Å²) in [6.07, 6.45) is 1.51. The van der Waals surface area contributed by atoms with Gasteiger partial charge in [-0.05, 0) is 100 Å². The lowest BCUT2D eigenvalue weighted by atomic mass is 9.95. The van der Waals surface area contributed by atoms with Crippen molar-refractivity contribution in [1.82, 2.24) is 16.1 Å². The summed E-state index contributed by atoms with van der Waals surface area (Å²) in [5, 5.41) is 11.6. The Morgan fingerprint density at radius 2 is 1.93 bits per heavy atom.